The third-order valence-corrected chi connectivity index (χ3v) is 15.2. The zero-order chi connectivity index (χ0) is 36.5. The fourth-order valence-electron chi connectivity index (χ4n) is 10.7. The monoisotopic (exact) mass is 747 g/mol. The Balaban J connectivity index is 1.02. The molecule has 1 unspecified atom stereocenters. The van der Waals surface area contributed by atoms with E-state index in [0.717, 1.165) is 6.42 Å². The highest BCUT2D eigenvalue weighted by molar-refractivity contribution is 7.99. The number of hydrogen-bond donors (Lipinski definition) is 0. The summed E-state index contributed by atoms with van der Waals surface area (Å²) in [5.41, 5.74) is 16.0. The van der Waals surface area contributed by atoms with Gasteiger partial charge in [0.25, 0.3) is 0 Å². The van der Waals surface area contributed by atoms with Gasteiger partial charge in [-0.05, 0) is 110 Å². The van der Waals surface area contributed by atoms with Crippen molar-refractivity contribution in [3.8, 4) is 11.1 Å². The molecule has 0 saturated heterocycles. The van der Waals surface area contributed by atoms with Gasteiger partial charge in [0.15, 0.2) is 0 Å². The van der Waals surface area contributed by atoms with E-state index in [1.807, 2.05) is 23.1 Å². The average Bonchev–Trinajstić information content (AvgIpc) is 3.89. The van der Waals surface area contributed by atoms with E-state index in [-0.39, 0.29) is 11.5 Å². The first kappa shape index (κ1) is 31.1. The molecule has 0 bridgehead atoms. The number of hydrogen-bond acceptors (Lipinski definition) is 3. The van der Waals surface area contributed by atoms with Crippen molar-refractivity contribution in [3.05, 3.63) is 215 Å². The number of allylic oxidation sites excluding steroid dienone is 2. The largest absolute Gasteiger partial charge is 0.332 e. The van der Waals surface area contributed by atoms with E-state index >= 15 is 0 Å². The van der Waals surface area contributed by atoms with Crippen LogP contribution in [0.5, 0.6) is 0 Å². The van der Waals surface area contributed by atoms with E-state index in [2.05, 4.69) is 187 Å². The summed E-state index contributed by atoms with van der Waals surface area (Å²) in [7, 11) is 0. The molecule has 1 atom stereocenters. The Morgan fingerprint density at radius 3 is 1.96 bits per heavy atom. The standard InChI is InChI=1S/C53H33NS2/c1-4-19-42-35(13-1)39-30-40-37-14-2-7-22-46(37)54(48(40)31-45(39)53(42)43-20-5-9-25-51(43)56-52-26-10-6-21-44(52)53)47-23-12-17-34-33(16-11-18-36(34)47)32-27-28-50-41(29-32)38-15-3-8-24-49(38)55-50/h1-30,48H,31H2. The van der Waals surface area contributed by atoms with Gasteiger partial charge in [0.1, 0.15) is 0 Å². The lowest BCUT2D eigenvalue weighted by Crippen LogP contribution is -2.37. The maximum Gasteiger partial charge on any atom is 0.0699 e. The molecule has 3 heteroatoms. The van der Waals surface area contributed by atoms with Crippen molar-refractivity contribution in [1.29, 1.82) is 0 Å². The fourth-order valence-corrected chi connectivity index (χ4v) is 13.0. The minimum atomic E-state index is -0.358. The maximum absolute atomic E-state index is 2.68. The first-order chi connectivity index (χ1) is 27.8. The Morgan fingerprint density at radius 2 is 1.11 bits per heavy atom. The molecule has 8 aromatic carbocycles. The predicted molar refractivity (Wildman–Crippen MR) is 237 cm³/mol. The van der Waals surface area contributed by atoms with Crippen LogP contribution in [0.3, 0.4) is 0 Å². The van der Waals surface area contributed by atoms with Crippen LogP contribution in [0.4, 0.5) is 11.4 Å². The lowest BCUT2D eigenvalue weighted by atomic mass is 9.64. The second-order valence-corrected chi connectivity index (χ2v) is 17.6. The van der Waals surface area contributed by atoms with Crippen molar-refractivity contribution in [2.24, 2.45) is 0 Å². The highest BCUT2D eigenvalue weighted by atomic mass is 32.2. The summed E-state index contributed by atoms with van der Waals surface area (Å²) < 4.78 is 2.68. The summed E-state index contributed by atoms with van der Waals surface area (Å²) in [5.74, 6) is 0. The van der Waals surface area contributed by atoms with Crippen molar-refractivity contribution >= 4 is 76.6 Å². The lowest BCUT2D eigenvalue weighted by Gasteiger charge is -2.43. The summed E-state index contributed by atoms with van der Waals surface area (Å²) in [6, 6.07) is 66.5. The number of rotatable bonds is 2. The van der Waals surface area contributed by atoms with E-state index < -0.39 is 0 Å². The summed E-state index contributed by atoms with van der Waals surface area (Å²) in [6.07, 6.45) is 3.50. The lowest BCUT2D eigenvalue weighted by molar-refractivity contribution is 0.642. The predicted octanol–water partition coefficient (Wildman–Crippen LogP) is 14.4. The van der Waals surface area contributed by atoms with Crippen molar-refractivity contribution in [1.82, 2.24) is 0 Å². The average molecular weight is 748 g/mol. The highest BCUT2D eigenvalue weighted by Gasteiger charge is 2.54. The molecule has 2 aliphatic heterocycles. The molecule has 0 saturated carbocycles. The molecule has 262 valence electrons. The second kappa shape index (κ2) is 11.5. The Kier molecular flexibility index (Phi) is 6.37. The molecule has 56 heavy (non-hydrogen) atoms. The third kappa shape index (κ3) is 4.01. The Morgan fingerprint density at radius 1 is 0.482 bits per heavy atom. The van der Waals surface area contributed by atoms with Crippen molar-refractivity contribution in [3.63, 3.8) is 0 Å². The quantitative estimate of drug-likeness (QED) is 0.173. The summed E-state index contributed by atoms with van der Waals surface area (Å²) in [4.78, 5) is 5.39. The van der Waals surface area contributed by atoms with Gasteiger partial charge in [0, 0.05) is 52.3 Å². The van der Waals surface area contributed by atoms with E-state index in [4.69, 9.17) is 0 Å². The normalized spacial score (nSPS) is 17.1. The van der Waals surface area contributed by atoms with E-state index in [1.54, 1.807) is 0 Å². The Hall–Kier alpha value is -6.13. The summed E-state index contributed by atoms with van der Waals surface area (Å²) in [6.45, 7) is 0. The van der Waals surface area contributed by atoms with E-state index in [9.17, 15) is 0 Å². The molecule has 4 aliphatic rings. The maximum atomic E-state index is 2.68. The second-order valence-electron chi connectivity index (χ2n) is 15.5. The first-order valence-electron chi connectivity index (χ1n) is 19.5. The van der Waals surface area contributed by atoms with E-state index in [1.165, 1.54) is 108 Å². The number of benzene rings is 8. The highest BCUT2D eigenvalue weighted by Crippen LogP contribution is 2.65. The van der Waals surface area contributed by atoms with Crippen molar-refractivity contribution in [2.45, 2.75) is 27.7 Å². The smallest absolute Gasteiger partial charge is 0.0699 e. The minimum absolute atomic E-state index is 0.147. The van der Waals surface area contributed by atoms with Gasteiger partial charge < -0.3 is 4.90 Å². The number of anilines is 2. The van der Waals surface area contributed by atoms with Gasteiger partial charge in [-0.1, -0.05) is 145 Å². The van der Waals surface area contributed by atoms with E-state index in [0.29, 0.717) is 0 Å². The summed E-state index contributed by atoms with van der Waals surface area (Å²) in [5, 5.41) is 5.24. The first-order valence-corrected chi connectivity index (χ1v) is 21.1. The number of fused-ring (bicyclic) bond motifs is 15. The van der Waals surface area contributed by atoms with Gasteiger partial charge >= 0.3 is 0 Å². The van der Waals surface area contributed by atoms with Gasteiger partial charge in [0.05, 0.1) is 11.5 Å². The number of nitrogens with zero attached hydrogens (tertiary/aromatic N) is 1. The van der Waals surface area contributed by atoms with Gasteiger partial charge in [-0.25, -0.2) is 0 Å². The van der Waals surface area contributed by atoms with Crippen molar-refractivity contribution in [2.75, 3.05) is 4.90 Å². The van der Waals surface area contributed by atoms with Gasteiger partial charge in [-0.15, -0.1) is 11.3 Å². The van der Waals surface area contributed by atoms with Crippen LogP contribution in [0.1, 0.15) is 34.2 Å². The van der Waals surface area contributed by atoms with Crippen LogP contribution in [0.15, 0.2) is 197 Å². The summed E-state index contributed by atoms with van der Waals surface area (Å²) >= 11 is 3.80. The topological polar surface area (TPSA) is 3.24 Å². The van der Waals surface area contributed by atoms with Crippen molar-refractivity contribution < 1.29 is 0 Å². The zero-order valence-electron chi connectivity index (χ0n) is 30.4. The molecule has 1 nitrogen and oxygen atoms in total. The Labute approximate surface area is 333 Å². The number of thiophene rings is 1. The molecule has 3 heterocycles. The molecule has 13 rings (SSSR count). The van der Waals surface area contributed by atoms with Gasteiger partial charge in [-0.3, -0.25) is 0 Å². The minimum Gasteiger partial charge on any atom is -0.332 e. The van der Waals surface area contributed by atoms with Crippen LogP contribution in [0, 0.1) is 0 Å². The fraction of sp³-hybridized carbons (Fsp3) is 0.0566. The Bertz CT molecular complexity index is 3190. The number of para-hydroxylation sites is 1. The molecule has 1 aromatic heterocycles. The molecule has 2 aliphatic carbocycles. The SMILES string of the molecule is C1=C2c3ccccc3N(c3cccc4c(-c5ccc6sc7ccccc7c6c5)cccc34)C2CC2=C1c1ccccc1C21c2ccccc2Sc2ccccc21. The van der Waals surface area contributed by atoms with Crippen LogP contribution in [0.2, 0.25) is 0 Å². The van der Waals surface area contributed by atoms with Crippen LogP contribution >= 0.6 is 23.1 Å². The molecule has 9 aromatic rings. The van der Waals surface area contributed by atoms with Crippen LogP contribution in [0.25, 0.3) is 53.2 Å². The molecular weight excluding hydrogens is 715 g/mol. The molecule has 0 radical (unpaired) electrons. The zero-order valence-corrected chi connectivity index (χ0v) is 32.0. The molecule has 0 N–H and O–H groups in total. The van der Waals surface area contributed by atoms with Crippen LogP contribution in [-0.4, -0.2) is 6.04 Å². The molecule has 0 fully saturated rings. The molecular formula is C53H33NS2. The molecule has 0 amide bonds. The van der Waals surface area contributed by atoms with Crippen LogP contribution < -0.4 is 4.90 Å². The van der Waals surface area contributed by atoms with Gasteiger partial charge in [0.2, 0.25) is 0 Å². The third-order valence-electron chi connectivity index (χ3n) is 12.9. The van der Waals surface area contributed by atoms with Gasteiger partial charge in [-0.2, -0.15) is 0 Å². The van der Waals surface area contributed by atoms with Crippen LogP contribution in [-0.2, 0) is 5.41 Å². The molecule has 1 spiro atoms.